The predicted octanol–water partition coefficient (Wildman–Crippen LogP) is 1.10. The molecule has 0 bridgehead atoms. The summed E-state index contributed by atoms with van der Waals surface area (Å²) in [6.45, 7) is 3.33. The number of carbonyl (C=O) groups excluding carboxylic acids is 1. The highest BCUT2D eigenvalue weighted by molar-refractivity contribution is 5.89. The smallest absolute Gasteiger partial charge is 0.335 e. The van der Waals surface area contributed by atoms with Crippen LogP contribution in [0.2, 0.25) is 0 Å². The number of aromatic carboxylic acids is 1. The summed E-state index contributed by atoms with van der Waals surface area (Å²) in [5, 5.41) is 11.7. The number of hydrogen-bond donors (Lipinski definition) is 2. The maximum absolute atomic E-state index is 11.7. The highest BCUT2D eigenvalue weighted by atomic mass is 16.4. The van der Waals surface area contributed by atoms with E-state index >= 15 is 0 Å². The third-order valence-electron chi connectivity index (χ3n) is 3.16. The Hall–Kier alpha value is -2.04. The average Bonchev–Trinajstić information content (AvgIpc) is 2.38. The van der Waals surface area contributed by atoms with Crippen LogP contribution in [-0.4, -0.2) is 36.1 Å². The number of amides is 1. The Bertz CT molecular complexity index is 456. The molecule has 2 rings (SSSR count). The summed E-state index contributed by atoms with van der Waals surface area (Å²) >= 11 is 0. The Morgan fingerprint density at radius 2 is 2.11 bits per heavy atom. The van der Waals surface area contributed by atoms with E-state index < -0.39 is 5.97 Å². The molecule has 1 aliphatic heterocycles. The van der Waals surface area contributed by atoms with Crippen molar-refractivity contribution in [2.24, 2.45) is 0 Å². The van der Waals surface area contributed by atoms with Crippen molar-refractivity contribution in [3.8, 4) is 0 Å². The van der Waals surface area contributed by atoms with E-state index in [0.717, 1.165) is 18.7 Å². The van der Waals surface area contributed by atoms with Gasteiger partial charge in [-0.2, -0.15) is 0 Å². The van der Waals surface area contributed by atoms with Crippen molar-refractivity contribution >= 4 is 17.6 Å². The van der Waals surface area contributed by atoms with Crippen molar-refractivity contribution in [1.29, 1.82) is 0 Å². The van der Waals surface area contributed by atoms with E-state index in [0.29, 0.717) is 6.54 Å². The van der Waals surface area contributed by atoms with Crippen LogP contribution in [0.25, 0.3) is 0 Å². The van der Waals surface area contributed by atoms with Crippen LogP contribution in [0.4, 0.5) is 5.69 Å². The maximum Gasteiger partial charge on any atom is 0.335 e. The first-order valence-electron chi connectivity index (χ1n) is 6.01. The fourth-order valence-corrected chi connectivity index (χ4v) is 2.23. The topological polar surface area (TPSA) is 69.6 Å². The number of nitrogens with one attached hydrogen (secondary N) is 1. The number of piperazine rings is 1. The van der Waals surface area contributed by atoms with Gasteiger partial charge in [0.05, 0.1) is 5.56 Å². The second-order valence-corrected chi connectivity index (χ2v) is 4.26. The van der Waals surface area contributed by atoms with Crippen LogP contribution in [0.5, 0.6) is 0 Å². The van der Waals surface area contributed by atoms with E-state index in [1.807, 2.05) is 11.8 Å². The van der Waals surface area contributed by atoms with Gasteiger partial charge in [-0.15, -0.1) is 0 Å². The Kier molecular flexibility index (Phi) is 3.50. The zero-order chi connectivity index (χ0) is 13.1. The van der Waals surface area contributed by atoms with Crippen LogP contribution in [-0.2, 0) is 4.79 Å². The zero-order valence-corrected chi connectivity index (χ0v) is 10.2. The summed E-state index contributed by atoms with van der Waals surface area (Å²) < 4.78 is 0. The Balaban J connectivity index is 2.24. The number of nitrogens with zero attached hydrogens (tertiary/aromatic N) is 1. The minimum Gasteiger partial charge on any atom is -0.478 e. The highest BCUT2D eigenvalue weighted by Gasteiger charge is 2.28. The van der Waals surface area contributed by atoms with E-state index in [4.69, 9.17) is 5.11 Å². The molecule has 0 radical (unpaired) electrons. The lowest BCUT2D eigenvalue weighted by Crippen LogP contribution is -2.55. The normalized spacial score (nSPS) is 19.5. The zero-order valence-electron chi connectivity index (χ0n) is 10.2. The van der Waals surface area contributed by atoms with Crippen molar-refractivity contribution in [2.75, 3.05) is 18.0 Å². The first-order valence-corrected chi connectivity index (χ1v) is 6.01. The summed E-state index contributed by atoms with van der Waals surface area (Å²) in [7, 11) is 0. The highest BCUT2D eigenvalue weighted by Crippen LogP contribution is 2.21. The van der Waals surface area contributed by atoms with E-state index in [9.17, 15) is 9.59 Å². The first kappa shape index (κ1) is 12.4. The van der Waals surface area contributed by atoms with Crippen LogP contribution in [0, 0.1) is 0 Å². The van der Waals surface area contributed by atoms with Gasteiger partial charge in [-0.3, -0.25) is 4.79 Å². The second kappa shape index (κ2) is 5.08. The van der Waals surface area contributed by atoms with Gasteiger partial charge >= 0.3 is 5.97 Å². The van der Waals surface area contributed by atoms with E-state index in [1.165, 1.54) is 0 Å². The van der Waals surface area contributed by atoms with Gasteiger partial charge in [0.25, 0.3) is 0 Å². The Morgan fingerprint density at radius 1 is 1.44 bits per heavy atom. The molecular weight excluding hydrogens is 232 g/mol. The van der Waals surface area contributed by atoms with Gasteiger partial charge in [-0.05, 0) is 30.7 Å². The number of anilines is 1. The largest absolute Gasteiger partial charge is 0.478 e. The number of carboxylic acids is 1. The molecule has 0 aliphatic carbocycles. The molecule has 5 nitrogen and oxygen atoms in total. The van der Waals surface area contributed by atoms with Gasteiger partial charge < -0.3 is 15.3 Å². The molecule has 5 heteroatoms. The van der Waals surface area contributed by atoms with Gasteiger partial charge in [0.1, 0.15) is 6.04 Å². The summed E-state index contributed by atoms with van der Waals surface area (Å²) in [5.41, 5.74) is 1.15. The molecule has 1 aromatic carbocycles. The third kappa shape index (κ3) is 2.30. The summed E-state index contributed by atoms with van der Waals surface area (Å²) in [6, 6.07) is 6.47. The van der Waals surface area contributed by atoms with Crippen molar-refractivity contribution in [1.82, 2.24) is 5.32 Å². The lowest BCUT2D eigenvalue weighted by molar-refractivity contribution is -0.123. The average molecular weight is 248 g/mol. The molecule has 96 valence electrons. The molecule has 1 aromatic rings. The van der Waals surface area contributed by atoms with E-state index in [2.05, 4.69) is 5.32 Å². The van der Waals surface area contributed by atoms with Gasteiger partial charge in [0.2, 0.25) is 5.91 Å². The van der Waals surface area contributed by atoms with Crippen molar-refractivity contribution in [3.63, 3.8) is 0 Å². The number of carboxylic acid groups (broad SMARTS) is 1. The third-order valence-corrected chi connectivity index (χ3v) is 3.16. The quantitative estimate of drug-likeness (QED) is 0.840. The molecule has 1 fully saturated rings. The second-order valence-electron chi connectivity index (χ2n) is 4.26. The van der Waals surface area contributed by atoms with E-state index in [1.54, 1.807) is 24.3 Å². The minimum absolute atomic E-state index is 0.0334. The lowest BCUT2D eigenvalue weighted by Gasteiger charge is -2.36. The van der Waals surface area contributed by atoms with Crippen molar-refractivity contribution in [3.05, 3.63) is 29.8 Å². The van der Waals surface area contributed by atoms with Gasteiger partial charge in [0, 0.05) is 18.8 Å². The molecule has 1 amide bonds. The van der Waals surface area contributed by atoms with Crippen LogP contribution >= 0.6 is 0 Å². The Labute approximate surface area is 105 Å². The van der Waals surface area contributed by atoms with Crippen LogP contribution in [0.15, 0.2) is 24.3 Å². The fourth-order valence-electron chi connectivity index (χ4n) is 2.23. The van der Waals surface area contributed by atoms with Gasteiger partial charge in [0.15, 0.2) is 0 Å². The summed E-state index contributed by atoms with van der Waals surface area (Å²) in [4.78, 5) is 24.5. The number of rotatable bonds is 3. The number of carbonyl (C=O) groups is 2. The molecule has 1 unspecified atom stereocenters. The minimum atomic E-state index is -0.940. The van der Waals surface area contributed by atoms with Gasteiger partial charge in [-0.1, -0.05) is 6.92 Å². The van der Waals surface area contributed by atoms with E-state index in [-0.39, 0.29) is 17.5 Å². The molecule has 1 aliphatic rings. The SMILES string of the molecule is CCC1C(=O)NCCN1c1ccc(C(=O)O)cc1. The molecule has 0 aromatic heterocycles. The predicted molar refractivity (Wildman–Crippen MR) is 67.8 cm³/mol. The van der Waals surface area contributed by atoms with Crippen molar-refractivity contribution in [2.45, 2.75) is 19.4 Å². The molecule has 18 heavy (non-hydrogen) atoms. The number of hydrogen-bond acceptors (Lipinski definition) is 3. The van der Waals surface area contributed by atoms with Crippen LogP contribution < -0.4 is 10.2 Å². The molecule has 1 heterocycles. The molecular formula is C13H16N2O3. The lowest BCUT2D eigenvalue weighted by atomic mass is 10.1. The van der Waals surface area contributed by atoms with Crippen molar-refractivity contribution < 1.29 is 14.7 Å². The molecule has 0 saturated carbocycles. The Morgan fingerprint density at radius 3 is 2.67 bits per heavy atom. The number of benzene rings is 1. The monoisotopic (exact) mass is 248 g/mol. The molecule has 0 spiro atoms. The summed E-state index contributed by atoms with van der Waals surface area (Å²) in [5.74, 6) is -0.906. The van der Waals surface area contributed by atoms with Gasteiger partial charge in [-0.25, -0.2) is 4.79 Å². The van der Waals surface area contributed by atoms with Crippen LogP contribution in [0.3, 0.4) is 0 Å². The summed E-state index contributed by atoms with van der Waals surface area (Å²) in [6.07, 6.45) is 0.729. The maximum atomic E-state index is 11.7. The standard InChI is InChI=1S/C13H16N2O3/c1-2-11-12(16)14-7-8-15(11)10-5-3-9(4-6-10)13(17)18/h3-6,11H,2,7-8H2,1H3,(H,14,16)(H,17,18). The van der Waals surface area contributed by atoms with Crippen LogP contribution in [0.1, 0.15) is 23.7 Å². The first-order chi connectivity index (χ1) is 8.63. The molecule has 1 saturated heterocycles. The molecule has 1 atom stereocenters. The fraction of sp³-hybridized carbons (Fsp3) is 0.385. The molecule has 2 N–H and O–H groups in total.